The summed E-state index contributed by atoms with van der Waals surface area (Å²) < 4.78 is 5.27. The molecule has 2 aromatic carbocycles. The summed E-state index contributed by atoms with van der Waals surface area (Å²) in [6.45, 7) is 0.550. The van der Waals surface area contributed by atoms with Gasteiger partial charge in [0.2, 0.25) is 5.95 Å². The zero-order chi connectivity index (χ0) is 19.2. The van der Waals surface area contributed by atoms with Crippen molar-refractivity contribution < 1.29 is 4.74 Å². The number of ether oxygens (including phenoxy) is 1. The standard InChI is InChI=1S/C21H19N5OS/c1-27-18-9-5-8-16(11-18)19-13-23-26-21(25-19)22-12-17-14-28-20(24-17)10-15-6-3-2-4-7-15/h2-9,11,13-14H,10,12H2,1H3,(H,22,25,26). The number of hydrogen-bond donors (Lipinski definition) is 1. The molecule has 0 aliphatic rings. The van der Waals surface area contributed by atoms with Crippen LogP contribution in [0.5, 0.6) is 5.75 Å². The highest BCUT2D eigenvalue weighted by Crippen LogP contribution is 2.22. The van der Waals surface area contributed by atoms with Crippen LogP contribution in [0, 0.1) is 0 Å². The maximum Gasteiger partial charge on any atom is 0.243 e. The topological polar surface area (TPSA) is 72.8 Å². The Hall–Kier alpha value is -3.32. The highest BCUT2D eigenvalue weighted by Gasteiger charge is 2.07. The molecule has 2 aromatic heterocycles. The summed E-state index contributed by atoms with van der Waals surface area (Å²) in [5.41, 5.74) is 3.89. The van der Waals surface area contributed by atoms with Gasteiger partial charge in [0.05, 0.1) is 36.2 Å². The first-order valence-corrected chi connectivity index (χ1v) is 9.73. The van der Waals surface area contributed by atoms with Crippen LogP contribution in [0.3, 0.4) is 0 Å². The number of methoxy groups -OCH3 is 1. The average Bonchev–Trinajstić information content (AvgIpc) is 3.20. The Bertz CT molecular complexity index is 1050. The summed E-state index contributed by atoms with van der Waals surface area (Å²) in [7, 11) is 1.64. The molecule has 1 N–H and O–H groups in total. The summed E-state index contributed by atoms with van der Waals surface area (Å²) in [6.07, 6.45) is 2.48. The van der Waals surface area contributed by atoms with Crippen molar-refractivity contribution in [2.75, 3.05) is 12.4 Å². The van der Waals surface area contributed by atoms with Gasteiger partial charge in [-0.15, -0.1) is 16.4 Å². The van der Waals surface area contributed by atoms with Gasteiger partial charge in [0, 0.05) is 17.4 Å². The van der Waals surface area contributed by atoms with E-state index < -0.39 is 0 Å². The van der Waals surface area contributed by atoms with Crippen LogP contribution in [0.25, 0.3) is 11.3 Å². The fourth-order valence-electron chi connectivity index (χ4n) is 2.75. The van der Waals surface area contributed by atoms with Crippen LogP contribution >= 0.6 is 11.3 Å². The Morgan fingerprint density at radius 2 is 1.93 bits per heavy atom. The minimum absolute atomic E-state index is 0.470. The fraction of sp³-hybridized carbons (Fsp3) is 0.143. The predicted octanol–water partition coefficient (Wildman–Crippen LogP) is 4.21. The molecule has 0 radical (unpaired) electrons. The van der Waals surface area contributed by atoms with Crippen molar-refractivity contribution in [2.24, 2.45) is 0 Å². The number of benzene rings is 2. The van der Waals surface area contributed by atoms with Gasteiger partial charge in [0.25, 0.3) is 0 Å². The van der Waals surface area contributed by atoms with E-state index in [0.717, 1.165) is 34.1 Å². The zero-order valence-electron chi connectivity index (χ0n) is 15.4. The molecule has 2 heterocycles. The number of hydrogen-bond acceptors (Lipinski definition) is 7. The van der Waals surface area contributed by atoms with Gasteiger partial charge in [0.15, 0.2) is 0 Å². The lowest BCUT2D eigenvalue weighted by Crippen LogP contribution is -2.05. The molecule has 0 saturated heterocycles. The molecule has 4 rings (SSSR count). The summed E-state index contributed by atoms with van der Waals surface area (Å²) in [5.74, 6) is 1.25. The molecule has 0 spiro atoms. The van der Waals surface area contributed by atoms with E-state index in [9.17, 15) is 0 Å². The Labute approximate surface area is 167 Å². The molecule has 0 aliphatic heterocycles. The fourth-order valence-corrected chi connectivity index (χ4v) is 3.58. The number of nitrogens with one attached hydrogen (secondary N) is 1. The number of nitrogens with zero attached hydrogens (tertiary/aromatic N) is 4. The summed E-state index contributed by atoms with van der Waals surface area (Å²) >= 11 is 1.66. The van der Waals surface area contributed by atoms with Crippen LogP contribution in [-0.2, 0) is 13.0 Å². The first-order chi connectivity index (χ1) is 13.8. The number of rotatable bonds is 7. The molecule has 140 valence electrons. The summed E-state index contributed by atoms with van der Waals surface area (Å²) in [4.78, 5) is 9.23. The Balaban J connectivity index is 1.41. The van der Waals surface area contributed by atoms with Crippen LogP contribution in [-0.4, -0.2) is 27.3 Å². The smallest absolute Gasteiger partial charge is 0.243 e. The first-order valence-electron chi connectivity index (χ1n) is 8.85. The molecule has 7 heteroatoms. The van der Waals surface area contributed by atoms with Crippen LogP contribution in [0.1, 0.15) is 16.3 Å². The van der Waals surface area contributed by atoms with E-state index in [2.05, 4.69) is 43.0 Å². The molecule has 0 saturated carbocycles. The SMILES string of the molecule is COc1cccc(-c2cnnc(NCc3csc(Cc4ccccc4)n3)n2)c1. The van der Waals surface area contributed by atoms with Gasteiger partial charge in [-0.25, -0.2) is 9.97 Å². The third kappa shape index (κ3) is 4.50. The quantitative estimate of drug-likeness (QED) is 0.510. The van der Waals surface area contributed by atoms with Gasteiger partial charge in [-0.05, 0) is 17.7 Å². The zero-order valence-corrected chi connectivity index (χ0v) is 16.2. The molecule has 0 bridgehead atoms. The van der Waals surface area contributed by atoms with Crippen molar-refractivity contribution in [3.8, 4) is 17.0 Å². The van der Waals surface area contributed by atoms with E-state index in [1.807, 2.05) is 42.5 Å². The minimum Gasteiger partial charge on any atom is -0.497 e. The van der Waals surface area contributed by atoms with E-state index in [1.165, 1.54) is 5.56 Å². The molecule has 0 fully saturated rings. The lowest BCUT2D eigenvalue weighted by Gasteiger charge is -2.06. The Morgan fingerprint density at radius 1 is 1.04 bits per heavy atom. The average molecular weight is 389 g/mol. The lowest BCUT2D eigenvalue weighted by atomic mass is 10.1. The molecule has 0 atom stereocenters. The second-order valence-electron chi connectivity index (χ2n) is 6.15. The van der Waals surface area contributed by atoms with Crippen LogP contribution in [0.2, 0.25) is 0 Å². The summed E-state index contributed by atoms with van der Waals surface area (Å²) in [5, 5.41) is 14.5. The molecule has 0 aliphatic carbocycles. The number of anilines is 1. The molecular formula is C21H19N5OS. The third-order valence-corrected chi connectivity index (χ3v) is 5.05. The minimum atomic E-state index is 0.470. The molecule has 0 amide bonds. The van der Waals surface area contributed by atoms with Gasteiger partial charge in [-0.1, -0.05) is 42.5 Å². The van der Waals surface area contributed by atoms with E-state index in [4.69, 9.17) is 4.74 Å². The Morgan fingerprint density at radius 3 is 2.79 bits per heavy atom. The maximum atomic E-state index is 5.27. The molecule has 4 aromatic rings. The second-order valence-corrected chi connectivity index (χ2v) is 7.09. The van der Waals surface area contributed by atoms with Gasteiger partial charge in [-0.3, -0.25) is 0 Å². The number of aromatic nitrogens is 4. The molecule has 0 unspecified atom stereocenters. The van der Waals surface area contributed by atoms with Crippen molar-refractivity contribution in [3.63, 3.8) is 0 Å². The Kier molecular flexibility index (Phi) is 5.53. The van der Waals surface area contributed by atoms with Gasteiger partial charge in [0.1, 0.15) is 5.75 Å². The van der Waals surface area contributed by atoms with E-state index in [1.54, 1.807) is 24.6 Å². The van der Waals surface area contributed by atoms with E-state index >= 15 is 0 Å². The largest absolute Gasteiger partial charge is 0.497 e. The van der Waals surface area contributed by atoms with E-state index in [0.29, 0.717) is 12.5 Å². The van der Waals surface area contributed by atoms with Gasteiger partial charge < -0.3 is 10.1 Å². The van der Waals surface area contributed by atoms with Crippen molar-refractivity contribution in [2.45, 2.75) is 13.0 Å². The van der Waals surface area contributed by atoms with Crippen LogP contribution in [0.4, 0.5) is 5.95 Å². The normalized spacial score (nSPS) is 10.6. The van der Waals surface area contributed by atoms with Gasteiger partial charge >= 0.3 is 0 Å². The van der Waals surface area contributed by atoms with Crippen molar-refractivity contribution >= 4 is 17.3 Å². The van der Waals surface area contributed by atoms with Crippen molar-refractivity contribution in [3.05, 3.63) is 82.4 Å². The number of thiazole rings is 1. The second kappa shape index (κ2) is 8.58. The lowest BCUT2D eigenvalue weighted by molar-refractivity contribution is 0.415. The van der Waals surface area contributed by atoms with Crippen LogP contribution in [0.15, 0.2) is 66.2 Å². The predicted molar refractivity (Wildman–Crippen MR) is 111 cm³/mol. The maximum absolute atomic E-state index is 5.27. The molecular weight excluding hydrogens is 370 g/mol. The third-order valence-electron chi connectivity index (χ3n) is 4.15. The molecule has 6 nitrogen and oxygen atoms in total. The van der Waals surface area contributed by atoms with Crippen molar-refractivity contribution in [1.82, 2.24) is 20.2 Å². The van der Waals surface area contributed by atoms with E-state index in [-0.39, 0.29) is 0 Å². The first kappa shape index (κ1) is 18.1. The highest BCUT2D eigenvalue weighted by molar-refractivity contribution is 7.09. The highest BCUT2D eigenvalue weighted by atomic mass is 32.1. The summed E-state index contributed by atoms with van der Waals surface area (Å²) in [6, 6.07) is 18.0. The van der Waals surface area contributed by atoms with Gasteiger partial charge in [-0.2, -0.15) is 5.10 Å². The van der Waals surface area contributed by atoms with Crippen molar-refractivity contribution in [1.29, 1.82) is 0 Å². The monoisotopic (exact) mass is 389 g/mol. The molecule has 28 heavy (non-hydrogen) atoms. The van der Waals surface area contributed by atoms with Crippen LogP contribution < -0.4 is 10.1 Å².